The molecule has 0 radical (unpaired) electrons. The highest BCUT2D eigenvalue weighted by Gasteiger charge is 2.36. The second-order valence-corrected chi connectivity index (χ2v) is 8.92. The van der Waals surface area contributed by atoms with Crippen LogP contribution in [-0.2, 0) is 0 Å². The van der Waals surface area contributed by atoms with Crippen molar-refractivity contribution in [1.29, 1.82) is 0 Å². The molecule has 2 aromatic carbocycles. The van der Waals surface area contributed by atoms with Crippen LogP contribution >= 0.6 is 0 Å². The number of nitrogens with one attached hydrogen (secondary N) is 1. The lowest BCUT2D eigenvalue weighted by molar-refractivity contribution is -0.393. The Kier molecular flexibility index (Phi) is 6.47. The molecule has 1 N–H and O–H groups in total. The molecule has 3 rings (SSSR count). The van der Waals surface area contributed by atoms with Gasteiger partial charge in [-0.25, -0.2) is 0 Å². The van der Waals surface area contributed by atoms with E-state index in [1.54, 1.807) is 6.21 Å². The average molecular weight is 440 g/mol. The lowest BCUT2D eigenvalue weighted by Crippen LogP contribution is -2.48. The number of nitrogens with zero attached hydrogens (tertiary/aromatic N) is 4. The number of nitro groups is 2. The van der Waals surface area contributed by atoms with E-state index in [1.807, 2.05) is 6.92 Å². The van der Waals surface area contributed by atoms with E-state index in [4.69, 9.17) is 0 Å². The van der Waals surface area contributed by atoms with Gasteiger partial charge in [0, 0.05) is 23.8 Å². The molecule has 9 nitrogen and oxygen atoms in total. The number of nitro benzene ring substituents is 2. The van der Waals surface area contributed by atoms with Crippen molar-refractivity contribution in [3.05, 3.63) is 67.3 Å². The highest BCUT2D eigenvalue weighted by atomic mass is 16.6. The van der Waals surface area contributed by atoms with Crippen molar-refractivity contribution in [2.45, 2.75) is 58.9 Å². The molecule has 0 bridgehead atoms. The first-order valence-corrected chi connectivity index (χ1v) is 10.7. The molecule has 0 spiro atoms. The van der Waals surface area contributed by atoms with E-state index in [1.165, 1.54) is 23.4 Å². The molecule has 9 heteroatoms. The maximum Gasteiger partial charge on any atom is 0.301 e. The SMILES string of the molecule is CCCN1c2cc(C)c(/C=N\Nc3ccc([N+](=O)[O-])cc3[N+](=O)[O-])cc2C(C)CC1(C)C. The molecule has 1 aliphatic rings. The summed E-state index contributed by atoms with van der Waals surface area (Å²) in [5.41, 5.74) is 6.60. The third kappa shape index (κ3) is 4.56. The van der Waals surface area contributed by atoms with Crippen molar-refractivity contribution in [3.8, 4) is 0 Å². The monoisotopic (exact) mass is 439 g/mol. The summed E-state index contributed by atoms with van der Waals surface area (Å²) < 4.78 is 0. The van der Waals surface area contributed by atoms with Crippen molar-refractivity contribution < 1.29 is 9.85 Å². The fourth-order valence-corrected chi connectivity index (χ4v) is 4.49. The van der Waals surface area contributed by atoms with Crippen LogP contribution in [0.4, 0.5) is 22.7 Å². The Bertz CT molecular complexity index is 1080. The van der Waals surface area contributed by atoms with E-state index < -0.39 is 15.5 Å². The van der Waals surface area contributed by atoms with Gasteiger partial charge in [0.05, 0.1) is 22.1 Å². The van der Waals surface area contributed by atoms with Gasteiger partial charge in [0.2, 0.25) is 0 Å². The third-order valence-electron chi connectivity index (χ3n) is 6.00. The van der Waals surface area contributed by atoms with Gasteiger partial charge in [-0.15, -0.1) is 0 Å². The first-order chi connectivity index (χ1) is 15.0. The zero-order valence-electron chi connectivity index (χ0n) is 19.1. The number of hydrogen-bond acceptors (Lipinski definition) is 7. The maximum absolute atomic E-state index is 11.3. The van der Waals surface area contributed by atoms with Gasteiger partial charge in [0.15, 0.2) is 0 Å². The smallest absolute Gasteiger partial charge is 0.301 e. The third-order valence-corrected chi connectivity index (χ3v) is 6.00. The largest absolute Gasteiger partial charge is 0.366 e. The Hall–Kier alpha value is -3.49. The fraction of sp³-hybridized carbons (Fsp3) is 0.435. The van der Waals surface area contributed by atoms with Crippen LogP contribution in [0.25, 0.3) is 0 Å². The summed E-state index contributed by atoms with van der Waals surface area (Å²) in [6.07, 6.45) is 3.75. The molecular weight excluding hydrogens is 410 g/mol. The van der Waals surface area contributed by atoms with Crippen LogP contribution in [0.2, 0.25) is 0 Å². The van der Waals surface area contributed by atoms with Crippen LogP contribution in [-0.4, -0.2) is 28.1 Å². The van der Waals surface area contributed by atoms with Crippen LogP contribution in [0, 0.1) is 27.2 Å². The predicted octanol–water partition coefficient (Wildman–Crippen LogP) is 5.76. The van der Waals surface area contributed by atoms with Gasteiger partial charge in [0.1, 0.15) is 5.69 Å². The minimum atomic E-state index is -0.666. The first kappa shape index (κ1) is 23.2. The summed E-state index contributed by atoms with van der Waals surface area (Å²) in [5, 5.41) is 26.4. The van der Waals surface area contributed by atoms with Crippen LogP contribution in [0.5, 0.6) is 0 Å². The van der Waals surface area contributed by atoms with E-state index >= 15 is 0 Å². The topological polar surface area (TPSA) is 114 Å². The second-order valence-electron chi connectivity index (χ2n) is 8.92. The molecule has 0 amide bonds. The lowest BCUT2D eigenvalue weighted by Gasteiger charge is -2.48. The highest BCUT2D eigenvalue weighted by molar-refractivity contribution is 5.85. The van der Waals surface area contributed by atoms with Crippen LogP contribution < -0.4 is 10.3 Å². The number of anilines is 2. The molecule has 32 heavy (non-hydrogen) atoms. The van der Waals surface area contributed by atoms with Crippen molar-refractivity contribution >= 4 is 29.0 Å². The standard InChI is InChI=1S/C23H29N5O4/c1-6-9-26-21-10-15(2)17(11-19(21)16(3)13-23(26,4)5)14-24-25-20-8-7-18(27(29)30)12-22(20)28(31)32/h7-8,10-12,14,16,25H,6,9,13H2,1-5H3/b24-14-. The first-order valence-electron chi connectivity index (χ1n) is 10.7. The molecule has 0 aliphatic carbocycles. The van der Waals surface area contributed by atoms with Gasteiger partial charge in [-0.1, -0.05) is 13.8 Å². The summed E-state index contributed by atoms with van der Waals surface area (Å²) in [5.74, 6) is 0.393. The zero-order chi connectivity index (χ0) is 23.6. The minimum Gasteiger partial charge on any atom is -0.366 e. The number of non-ortho nitro benzene ring substituents is 1. The van der Waals surface area contributed by atoms with Gasteiger partial charge < -0.3 is 4.90 Å². The average Bonchev–Trinajstić information content (AvgIpc) is 2.71. The van der Waals surface area contributed by atoms with Crippen molar-refractivity contribution in [2.75, 3.05) is 16.9 Å². The molecule has 0 fully saturated rings. The maximum atomic E-state index is 11.3. The number of hydrogen-bond donors (Lipinski definition) is 1. The molecule has 0 saturated heterocycles. The Morgan fingerprint density at radius 3 is 2.56 bits per heavy atom. The fourth-order valence-electron chi connectivity index (χ4n) is 4.49. The Morgan fingerprint density at radius 1 is 1.22 bits per heavy atom. The van der Waals surface area contributed by atoms with Crippen LogP contribution in [0.15, 0.2) is 35.4 Å². The molecule has 1 atom stereocenters. The Labute approximate surface area is 187 Å². The van der Waals surface area contributed by atoms with E-state index in [9.17, 15) is 20.2 Å². The minimum absolute atomic E-state index is 0.0842. The zero-order valence-corrected chi connectivity index (χ0v) is 19.1. The number of aryl methyl sites for hydroxylation is 1. The van der Waals surface area contributed by atoms with E-state index in [0.717, 1.165) is 36.6 Å². The van der Waals surface area contributed by atoms with Crippen molar-refractivity contribution in [2.24, 2.45) is 5.10 Å². The second kappa shape index (κ2) is 8.94. The molecule has 1 aliphatic heterocycles. The van der Waals surface area contributed by atoms with Gasteiger partial charge in [0.25, 0.3) is 5.69 Å². The summed E-state index contributed by atoms with van der Waals surface area (Å²) >= 11 is 0. The lowest BCUT2D eigenvalue weighted by atomic mass is 9.79. The normalized spacial score (nSPS) is 17.3. The summed E-state index contributed by atoms with van der Waals surface area (Å²) in [6.45, 7) is 12.0. The van der Waals surface area contributed by atoms with Crippen LogP contribution in [0.1, 0.15) is 63.1 Å². The number of fused-ring (bicyclic) bond motifs is 1. The Morgan fingerprint density at radius 2 is 1.94 bits per heavy atom. The molecular formula is C23H29N5O4. The van der Waals surface area contributed by atoms with Crippen molar-refractivity contribution in [3.63, 3.8) is 0 Å². The molecule has 170 valence electrons. The van der Waals surface area contributed by atoms with E-state index in [-0.39, 0.29) is 16.9 Å². The Balaban J connectivity index is 1.91. The summed E-state index contributed by atoms with van der Waals surface area (Å²) in [7, 11) is 0. The molecule has 1 unspecified atom stereocenters. The summed E-state index contributed by atoms with van der Waals surface area (Å²) in [6, 6.07) is 7.76. The van der Waals surface area contributed by atoms with E-state index in [2.05, 4.69) is 55.3 Å². The van der Waals surface area contributed by atoms with Gasteiger partial charge in [-0.2, -0.15) is 5.10 Å². The molecule has 0 aromatic heterocycles. The van der Waals surface area contributed by atoms with Gasteiger partial charge in [-0.3, -0.25) is 25.7 Å². The predicted molar refractivity (Wildman–Crippen MR) is 127 cm³/mol. The van der Waals surface area contributed by atoms with Gasteiger partial charge >= 0.3 is 5.69 Å². The number of benzene rings is 2. The highest BCUT2D eigenvalue weighted by Crippen LogP contribution is 2.44. The quantitative estimate of drug-likeness (QED) is 0.333. The summed E-state index contributed by atoms with van der Waals surface area (Å²) in [4.78, 5) is 23.4. The van der Waals surface area contributed by atoms with Crippen molar-refractivity contribution in [1.82, 2.24) is 0 Å². The molecule has 1 heterocycles. The number of rotatable bonds is 7. The molecule has 2 aromatic rings. The number of hydrazone groups is 1. The van der Waals surface area contributed by atoms with Gasteiger partial charge in [-0.05, 0) is 74.4 Å². The molecule has 0 saturated carbocycles. The van der Waals surface area contributed by atoms with Crippen LogP contribution in [0.3, 0.4) is 0 Å². The van der Waals surface area contributed by atoms with E-state index in [0.29, 0.717) is 5.92 Å².